The third-order valence-electron chi connectivity index (χ3n) is 2.29. The normalized spacial score (nSPS) is 10.1. The summed E-state index contributed by atoms with van der Waals surface area (Å²) in [6.45, 7) is 6.47. The van der Waals surface area contributed by atoms with E-state index in [1.807, 2.05) is 19.9 Å². The quantitative estimate of drug-likeness (QED) is 0.423. The minimum Gasteiger partial charge on any atom is -0.385 e. The first-order chi connectivity index (χ1) is 8.67. The second kappa shape index (κ2) is 7.50. The molecule has 0 aliphatic heterocycles. The zero-order valence-electron chi connectivity index (χ0n) is 10.7. The third kappa shape index (κ3) is 4.58. The van der Waals surface area contributed by atoms with Gasteiger partial charge in [0.25, 0.3) is 5.69 Å². The molecule has 0 spiro atoms. The lowest BCUT2D eigenvalue weighted by Gasteiger charge is -2.09. The lowest BCUT2D eigenvalue weighted by molar-refractivity contribution is -0.384. The Hall–Kier alpha value is -1.82. The Bertz CT molecular complexity index is 396. The molecule has 0 saturated heterocycles. The van der Waals surface area contributed by atoms with Crippen LogP contribution in [0.4, 0.5) is 17.1 Å². The maximum Gasteiger partial charge on any atom is 0.273 e. The van der Waals surface area contributed by atoms with Crippen LogP contribution >= 0.6 is 0 Å². The smallest absolute Gasteiger partial charge is 0.273 e. The summed E-state index contributed by atoms with van der Waals surface area (Å²) >= 11 is 0. The second-order valence-electron chi connectivity index (χ2n) is 3.68. The van der Waals surface area contributed by atoms with E-state index >= 15 is 0 Å². The van der Waals surface area contributed by atoms with E-state index in [4.69, 9.17) is 4.74 Å². The van der Waals surface area contributed by atoms with E-state index in [-0.39, 0.29) is 5.69 Å². The number of hydrogen-bond acceptors (Lipinski definition) is 5. The van der Waals surface area contributed by atoms with Gasteiger partial charge in [-0.25, -0.2) is 0 Å². The van der Waals surface area contributed by atoms with Gasteiger partial charge < -0.3 is 15.4 Å². The number of benzene rings is 1. The topological polar surface area (TPSA) is 76.4 Å². The molecule has 18 heavy (non-hydrogen) atoms. The molecule has 0 aromatic heterocycles. The maximum atomic E-state index is 10.8. The minimum atomic E-state index is -0.394. The first-order valence-corrected chi connectivity index (χ1v) is 6.02. The molecule has 100 valence electrons. The van der Waals surface area contributed by atoms with Crippen molar-refractivity contribution in [3.8, 4) is 0 Å². The Kier molecular flexibility index (Phi) is 5.93. The van der Waals surface area contributed by atoms with Crippen LogP contribution in [-0.2, 0) is 4.74 Å². The van der Waals surface area contributed by atoms with E-state index in [9.17, 15) is 10.1 Å². The molecule has 0 bridgehead atoms. The predicted octanol–water partition coefficient (Wildman–Crippen LogP) is 2.48. The number of nitro benzene ring substituents is 1. The zero-order chi connectivity index (χ0) is 13.4. The molecule has 1 aromatic rings. The average molecular weight is 253 g/mol. The fourth-order valence-corrected chi connectivity index (χ4v) is 1.54. The Balaban J connectivity index is 2.72. The van der Waals surface area contributed by atoms with Gasteiger partial charge in [-0.3, -0.25) is 10.1 Å². The monoisotopic (exact) mass is 253 g/mol. The van der Waals surface area contributed by atoms with E-state index in [1.165, 1.54) is 12.1 Å². The number of non-ortho nitro benzene ring substituents is 1. The molecule has 0 radical (unpaired) electrons. The summed E-state index contributed by atoms with van der Waals surface area (Å²) in [5.41, 5.74) is 1.54. The number of nitrogens with one attached hydrogen (secondary N) is 2. The largest absolute Gasteiger partial charge is 0.385 e. The van der Waals surface area contributed by atoms with Crippen LogP contribution in [0.3, 0.4) is 0 Å². The number of anilines is 2. The predicted molar refractivity (Wildman–Crippen MR) is 72.2 cm³/mol. The number of hydrogen-bond donors (Lipinski definition) is 2. The van der Waals surface area contributed by atoms with E-state index in [1.54, 1.807) is 0 Å². The summed E-state index contributed by atoms with van der Waals surface area (Å²) in [6.07, 6.45) is 0. The Morgan fingerprint density at radius 3 is 2.44 bits per heavy atom. The minimum absolute atomic E-state index is 0.0763. The first kappa shape index (κ1) is 14.2. The van der Waals surface area contributed by atoms with Gasteiger partial charge in [-0.2, -0.15) is 0 Å². The standard InChI is InChI=1S/C12H19N3O3/c1-3-13-10-7-11(14-5-6-18-4-2)9-12(8-10)15(16)17/h7-9,13-14H,3-6H2,1-2H3. The number of nitro groups is 1. The summed E-state index contributed by atoms with van der Waals surface area (Å²) in [4.78, 5) is 10.4. The molecule has 0 amide bonds. The fourth-order valence-electron chi connectivity index (χ4n) is 1.54. The average Bonchev–Trinajstić information content (AvgIpc) is 2.35. The first-order valence-electron chi connectivity index (χ1n) is 6.02. The highest BCUT2D eigenvalue weighted by Gasteiger charge is 2.09. The third-order valence-corrected chi connectivity index (χ3v) is 2.29. The van der Waals surface area contributed by atoms with Crippen molar-refractivity contribution in [2.45, 2.75) is 13.8 Å². The van der Waals surface area contributed by atoms with Crippen LogP contribution in [0.5, 0.6) is 0 Å². The van der Waals surface area contributed by atoms with Crippen molar-refractivity contribution >= 4 is 17.1 Å². The van der Waals surface area contributed by atoms with Crippen LogP contribution in [0.25, 0.3) is 0 Å². The highest BCUT2D eigenvalue weighted by atomic mass is 16.6. The van der Waals surface area contributed by atoms with E-state index < -0.39 is 4.92 Å². The van der Waals surface area contributed by atoms with Crippen molar-refractivity contribution in [3.05, 3.63) is 28.3 Å². The number of nitrogens with zero attached hydrogens (tertiary/aromatic N) is 1. The van der Waals surface area contributed by atoms with E-state index in [0.717, 1.165) is 17.9 Å². The van der Waals surface area contributed by atoms with Crippen molar-refractivity contribution < 1.29 is 9.66 Å². The summed E-state index contributed by atoms with van der Waals surface area (Å²) in [5, 5.41) is 17.0. The summed E-state index contributed by atoms with van der Waals surface area (Å²) in [5.74, 6) is 0. The molecule has 6 nitrogen and oxygen atoms in total. The Labute approximate surface area is 106 Å². The Morgan fingerprint density at radius 2 is 1.89 bits per heavy atom. The molecule has 0 aliphatic rings. The van der Waals surface area contributed by atoms with Gasteiger partial charge >= 0.3 is 0 Å². The van der Waals surface area contributed by atoms with Gasteiger partial charge in [0.2, 0.25) is 0 Å². The van der Waals surface area contributed by atoms with Gasteiger partial charge in [0.1, 0.15) is 0 Å². The van der Waals surface area contributed by atoms with E-state index in [0.29, 0.717) is 19.8 Å². The molecule has 2 N–H and O–H groups in total. The lowest BCUT2D eigenvalue weighted by atomic mass is 10.2. The number of rotatable bonds is 8. The molecule has 0 atom stereocenters. The van der Waals surface area contributed by atoms with Crippen molar-refractivity contribution in [1.82, 2.24) is 0 Å². The van der Waals surface area contributed by atoms with Crippen molar-refractivity contribution in [2.24, 2.45) is 0 Å². The molecule has 6 heteroatoms. The second-order valence-corrected chi connectivity index (χ2v) is 3.68. The van der Waals surface area contributed by atoms with Crippen LogP contribution in [0.2, 0.25) is 0 Å². The molecular formula is C12H19N3O3. The summed E-state index contributed by atoms with van der Waals surface area (Å²) in [7, 11) is 0. The van der Waals surface area contributed by atoms with Crippen molar-refractivity contribution in [2.75, 3.05) is 36.9 Å². The molecule has 0 saturated carbocycles. The van der Waals surface area contributed by atoms with Crippen LogP contribution < -0.4 is 10.6 Å². The fraction of sp³-hybridized carbons (Fsp3) is 0.500. The highest BCUT2D eigenvalue weighted by Crippen LogP contribution is 2.24. The summed E-state index contributed by atoms with van der Waals surface area (Å²) < 4.78 is 5.20. The SMILES string of the molecule is CCNc1cc(NCCOCC)cc([N+](=O)[O-])c1. The van der Waals surface area contributed by atoms with Gasteiger partial charge in [0.15, 0.2) is 0 Å². The van der Waals surface area contributed by atoms with Gasteiger partial charge in [0.05, 0.1) is 11.5 Å². The zero-order valence-corrected chi connectivity index (χ0v) is 10.7. The molecule has 0 heterocycles. The van der Waals surface area contributed by atoms with Crippen LogP contribution in [-0.4, -0.2) is 31.2 Å². The molecular weight excluding hydrogens is 234 g/mol. The van der Waals surface area contributed by atoms with Crippen LogP contribution in [0.1, 0.15) is 13.8 Å². The van der Waals surface area contributed by atoms with Gasteiger partial charge in [-0.1, -0.05) is 0 Å². The maximum absolute atomic E-state index is 10.8. The molecule has 0 unspecified atom stereocenters. The molecule has 0 fully saturated rings. The molecule has 0 aliphatic carbocycles. The van der Waals surface area contributed by atoms with Gasteiger partial charge in [-0.15, -0.1) is 0 Å². The van der Waals surface area contributed by atoms with Gasteiger partial charge in [0, 0.05) is 43.2 Å². The van der Waals surface area contributed by atoms with Crippen LogP contribution in [0.15, 0.2) is 18.2 Å². The summed E-state index contributed by atoms with van der Waals surface area (Å²) in [6, 6.07) is 4.90. The number of ether oxygens (including phenoxy) is 1. The van der Waals surface area contributed by atoms with Crippen LogP contribution in [0, 0.1) is 10.1 Å². The molecule has 1 rings (SSSR count). The lowest BCUT2D eigenvalue weighted by Crippen LogP contribution is -2.09. The van der Waals surface area contributed by atoms with E-state index in [2.05, 4.69) is 10.6 Å². The Morgan fingerprint density at radius 1 is 1.22 bits per heavy atom. The van der Waals surface area contributed by atoms with Gasteiger partial charge in [-0.05, 0) is 19.9 Å². The van der Waals surface area contributed by atoms with Crippen molar-refractivity contribution in [3.63, 3.8) is 0 Å². The van der Waals surface area contributed by atoms with Crippen molar-refractivity contribution in [1.29, 1.82) is 0 Å². The highest BCUT2D eigenvalue weighted by molar-refractivity contribution is 5.63. The molecule has 1 aromatic carbocycles.